The summed E-state index contributed by atoms with van der Waals surface area (Å²) in [5, 5.41) is 12.5. The van der Waals surface area contributed by atoms with Crippen molar-refractivity contribution in [2.45, 2.75) is 46.3 Å². The first kappa shape index (κ1) is 17.3. The molecule has 0 saturated heterocycles. The Morgan fingerprint density at radius 1 is 1.24 bits per heavy atom. The molecule has 1 rings (SSSR count). The number of nitrogens with one attached hydrogen (secondary N) is 1. The number of carbonyl (C=O) groups excluding carboxylic acids is 1. The molecule has 118 valence electrons. The molecular weight excluding hydrogens is 270 g/mol. The minimum absolute atomic E-state index is 0.259. The van der Waals surface area contributed by atoms with Crippen LogP contribution < -0.4 is 14.8 Å². The average molecular weight is 295 g/mol. The lowest BCUT2D eigenvalue weighted by atomic mass is 9.98. The van der Waals surface area contributed by atoms with Crippen LogP contribution in [0.15, 0.2) is 18.2 Å². The van der Waals surface area contributed by atoms with Gasteiger partial charge in [0.2, 0.25) is 0 Å². The standard InChI is InChI=1S/C16H25NO4/c1-6-20-13-9-8-12(10-14(13)21-7-2)15(19)17-16(4,5)11(3)18/h8-11,18H,6-7H2,1-5H3,(H,17,19). The van der Waals surface area contributed by atoms with Crippen molar-refractivity contribution >= 4 is 5.91 Å². The fraction of sp³-hybridized carbons (Fsp3) is 0.562. The van der Waals surface area contributed by atoms with Crippen LogP contribution >= 0.6 is 0 Å². The van der Waals surface area contributed by atoms with Crippen LogP contribution in [0, 0.1) is 0 Å². The van der Waals surface area contributed by atoms with E-state index in [1.807, 2.05) is 13.8 Å². The van der Waals surface area contributed by atoms with Gasteiger partial charge in [0.15, 0.2) is 11.5 Å². The summed E-state index contributed by atoms with van der Waals surface area (Å²) in [6.07, 6.45) is -0.657. The highest BCUT2D eigenvalue weighted by atomic mass is 16.5. The summed E-state index contributed by atoms with van der Waals surface area (Å²) in [7, 11) is 0. The highest BCUT2D eigenvalue weighted by molar-refractivity contribution is 5.95. The second kappa shape index (κ2) is 7.31. The lowest BCUT2D eigenvalue weighted by molar-refractivity contribution is 0.0709. The SMILES string of the molecule is CCOc1ccc(C(=O)NC(C)(C)C(C)O)cc1OCC. The number of ether oxygens (including phenoxy) is 2. The van der Waals surface area contributed by atoms with E-state index in [2.05, 4.69) is 5.32 Å². The number of hydrogen-bond acceptors (Lipinski definition) is 4. The molecule has 0 heterocycles. The smallest absolute Gasteiger partial charge is 0.251 e. The molecule has 0 radical (unpaired) electrons. The molecule has 21 heavy (non-hydrogen) atoms. The van der Waals surface area contributed by atoms with Crippen LogP contribution in [0.25, 0.3) is 0 Å². The van der Waals surface area contributed by atoms with Gasteiger partial charge in [0.25, 0.3) is 5.91 Å². The van der Waals surface area contributed by atoms with Gasteiger partial charge in [-0.15, -0.1) is 0 Å². The average Bonchev–Trinajstić information content (AvgIpc) is 2.40. The lowest BCUT2D eigenvalue weighted by Crippen LogP contribution is -2.50. The molecule has 0 aliphatic heterocycles. The fourth-order valence-electron chi connectivity index (χ4n) is 1.66. The third-order valence-corrected chi connectivity index (χ3v) is 3.29. The normalized spacial score (nSPS) is 12.7. The van der Waals surface area contributed by atoms with Crippen molar-refractivity contribution in [3.05, 3.63) is 23.8 Å². The Bertz CT molecular complexity index is 483. The number of aliphatic hydroxyl groups is 1. The van der Waals surface area contributed by atoms with E-state index in [0.29, 0.717) is 30.3 Å². The van der Waals surface area contributed by atoms with E-state index < -0.39 is 11.6 Å². The minimum Gasteiger partial charge on any atom is -0.490 e. The Morgan fingerprint density at radius 2 is 1.81 bits per heavy atom. The second-order valence-corrected chi connectivity index (χ2v) is 5.38. The van der Waals surface area contributed by atoms with Crippen LogP contribution in [0.1, 0.15) is 45.0 Å². The monoisotopic (exact) mass is 295 g/mol. The molecule has 5 nitrogen and oxygen atoms in total. The van der Waals surface area contributed by atoms with Gasteiger partial charge in [-0.2, -0.15) is 0 Å². The predicted molar refractivity (Wildman–Crippen MR) is 82.0 cm³/mol. The van der Waals surface area contributed by atoms with Crippen LogP contribution in [0.5, 0.6) is 11.5 Å². The summed E-state index contributed by atoms with van der Waals surface area (Å²) in [6.45, 7) is 9.97. The molecule has 2 N–H and O–H groups in total. The van der Waals surface area contributed by atoms with E-state index in [-0.39, 0.29) is 5.91 Å². The van der Waals surface area contributed by atoms with Crippen LogP contribution in [0.4, 0.5) is 0 Å². The summed E-state index contributed by atoms with van der Waals surface area (Å²) >= 11 is 0. The lowest BCUT2D eigenvalue weighted by Gasteiger charge is -2.29. The molecule has 1 atom stereocenters. The first-order valence-electron chi connectivity index (χ1n) is 7.22. The van der Waals surface area contributed by atoms with Gasteiger partial charge in [-0.1, -0.05) is 0 Å². The number of benzene rings is 1. The Balaban J connectivity index is 2.97. The highest BCUT2D eigenvalue weighted by Gasteiger charge is 2.26. The van der Waals surface area contributed by atoms with Crippen molar-refractivity contribution in [3.8, 4) is 11.5 Å². The molecule has 5 heteroatoms. The Kier molecular flexibility index (Phi) is 6.03. The van der Waals surface area contributed by atoms with Crippen LogP contribution in [-0.2, 0) is 0 Å². The topological polar surface area (TPSA) is 67.8 Å². The first-order valence-corrected chi connectivity index (χ1v) is 7.22. The molecule has 0 fully saturated rings. The molecule has 0 aliphatic rings. The maximum absolute atomic E-state index is 12.3. The summed E-state index contributed by atoms with van der Waals surface area (Å²) in [6, 6.07) is 5.06. The Morgan fingerprint density at radius 3 is 2.33 bits per heavy atom. The molecule has 0 bridgehead atoms. The minimum atomic E-state index is -0.707. The van der Waals surface area contributed by atoms with Crippen molar-refractivity contribution in [2.75, 3.05) is 13.2 Å². The highest BCUT2D eigenvalue weighted by Crippen LogP contribution is 2.28. The van der Waals surface area contributed by atoms with Crippen molar-refractivity contribution in [2.24, 2.45) is 0 Å². The Labute approximate surface area is 126 Å². The zero-order valence-electron chi connectivity index (χ0n) is 13.4. The number of hydrogen-bond donors (Lipinski definition) is 2. The van der Waals surface area contributed by atoms with Gasteiger partial charge in [0, 0.05) is 5.56 Å². The van der Waals surface area contributed by atoms with Crippen molar-refractivity contribution in [1.82, 2.24) is 5.32 Å². The molecule has 1 unspecified atom stereocenters. The maximum atomic E-state index is 12.3. The molecule has 0 aromatic heterocycles. The van der Waals surface area contributed by atoms with Gasteiger partial charge in [-0.25, -0.2) is 0 Å². The largest absolute Gasteiger partial charge is 0.490 e. The zero-order chi connectivity index (χ0) is 16.0. The van der Waals surface area contributed by atoms with E-state index >= 15 is 0 Å². The molecule has 1 amide bonds. The van der Waals surface area contributed by atoms with E-state index in [0.717, 1.165) is 0 Å². The van der Waals surface area contributed by atoms with Gasteiger partial charge in [0.1, 0.15) is 0 Å². The number of aliphatic hydroxyl groups excluding tert-OH is 1. The van der Waals surface area contributed by atoms with Crippen LogP contribution in [0.3, 0.4) is 0 Å². The van der Waals surface area contributed by atoms with Gasteiger partial charge in [-0.05, 0) is 52.8 Å². The van der Waals surface area contributed by atoms with Gasteiger partial charge in [-0.3, -0.25) is 4.79 Å². The van der Waals surface area contributed by atoms with Crippen LogP contribution in [0.2, 0.25) is 0 Å². The van der Waals surface area contributed by atoms with Crippen LogP contribution in [-0.4, -0.2) is 35.9 Å². The van der Waals surface area contributed by atoms with E-state index in [1.54, 1.807) is 39.0 Å². The number of rotatable bonds is 7. The summed E-state index contributed by atoms with van der Waals surface area (Å²) < 4.78 is 11.0. The number of carbonyl (C=O) groups is 1. The maximum Gasteiger partial charge on any atom is 0.251 e. The first-order chi connectivity index (χ1) is 9.81. The molecular formula is C16H25NO4. The zero-order valence-corrected chi connectivity index (χ0v) is 13.4. The molecule has 0 saturated carbocycles. The molecule has 0 aliphatic carbocycles. The van der Waals surface area contributed by atoms with Crippen molar-refractivity contribution < 1.29 is 19.4 Å². The third kappa shape index (κ3) is 4.63. The molecule has 0 spiro atoms. The van der Waals surface area contributed by atoms with Gasteiger partial charge < -0.3 is 19.9 Å². The van der Waals surface area contributed by atoms with Gasteiger partial charge in [0.05, 0.1) is 24.9 Å². The molecule has 1 aromatic rings. The summed E-state index contributed by atoms with van der Waals surface area (Å²) in [5.74, 6) is 0.900. The Hall–Kier alpha value is -1.75. The second-order valence-electron chi connectivity index (χ2n) is 5.38. The summed E-state index contributed by atoms with van der Waals surface area (Å²) in [5.41, 5.74) is -0.239. The fourth-order valence-corrected chi connectivity index (χ4v) is 1.66. The van der Waals surface area contributed by atoms with E-state index in [1.165, 1.54) is 0 Å². The van der Waals surface area contributed by atoms with Crippen molar-refractivity contribution in [3.63, 3.8) is 0 Å². The molecule has 1 aromatic carbocycles. The van der Waals surface area contributed by atoms with E-state index in [9.17, 15) is 9.90 Å². The predicted octanol–water partition coefficient (Wildman–Crippen LogP) is 2.37. The van der Waals surface area contributed by atoms with Gasteiger partial charge >= 0.3 is 0 Å². The quantitative estimate of drug-likeness (QED) is 0.810. The van der Waals surface area contributed by atoms with Crippen molar-refractivity contribution in [1.29, 1.82) is 0 Å². The number of amides is 1. The van der Waals surface area contributed by atoms with E-state index in [4.69, 9.17) is 9.47 Å². The third-order valence-electron chi connectivity index (χ3n) is 3.29. The summed E-state index contributed by atoms with van der Waals surface area (Å²) in [4.78, 5) is 12.3.